The highest BCUT2D eigenvalue weighted by atomic mass is 32.1. The van der Waals surface area contributed by atoms with Crippen molar-refractivity contribution in [1.82, 2.24) is 9.97 Å². The minimum Gasteiger partial charge on any atom is -0.388 e. The molecule has 1 atom stereocenters. The van der Waals surface area contributed by atoms with Crippen molar-refractivity contribution in [2.45, 2.75) is 32.7 Å². The molecule has 0 aliphatic heterocycles. The van der Waals surface area contributed by atoms with E-state index >= 15 is 0 Å². The van der Waals surface area contributed by atoms with Crippen molar-refractivity contribution in [2.24, 2.45) is 5.73 Å². The summed E-state index contributed by atoms with van der Waals surface area (Å²) in [5.41, 5.74) is 7.31. The number of aliphatic hydroxyl groups is 1. The Labute approximate surface area is 210 Å². The van der Waals surface area contributed by atoms with Gasteiger partial charge in [-0.2, -0.15) is 0 Å². The van der Waals surface area contributed by atoms with Crippen molar-refractivity contribution in [2.75, 3.05) is 5.32 Å². The zero-order valence-corrected chi connectivity index (χ0v) is 20.2. The number of amides is 1. The second-order valence-electron chi connectivity index (χ2n) is 7.94. The van der Waals surface area contributed by atoms with Crippen LogP contribution in [0.4, 0.5) is 19.6 Å². The number of halogens is 2. The highest BCUT2D eigenvalue weighted by Crippen LogP contribution is 2.38. The summed E-state index contributed by atoms with van der Waals surface area (Å²) in [6, 6.07) is 14.1. The van der Waals surface area contributed by atoms with E-state index < -0.39 is 23.6 Å². The first-order valence-electron chi connectivity index (χ1n) is 11.2. The van der Waals surface area contributed by atoms with E-state index in [2.05, 4.69) is 15.3 Å². The molecular formula is C26H24F2N4O3S. The lowest BCUT2D eigenvalue weighted by atomic mass is 10.0. The maximum atomic E-state index is 14.8. The molecular weight excluding hydrogens is 486 g/mol. The number of rotatable bonds is 10. The van der Waals surface area contributed by atoms with Gasteiger partial charge >= 0.3 is 0 Å². The third kappa shape index (κ3) is 5.91. The van der Waals surface area contributed by atoms with Crippen LogP contribution in [0, 0.1) is 11.6 Å². The molecule has 0 bridgehead atoms. The monoisotopic (exact) mass is 510 g/mol. The van der Waals surface area contributed by atoms with E-state index in [1.807, 2.05) is 6.92 Å². The molecule has 0 radical (unpaired) electrons. The Balaban J connectivity index is 1.51. The molecule has 0 fully saturated rings. The van der Waals surface area contributed by atoms with Crippen molar-refractivity contribution >= 4 is 28.1 Å². The number of carbonyl (C=O) groups is 1. The smallest absolute Gasteiger partial charge is 0.251 e. The fraction of sp³-hybridized carbons (Fsp3) is 0.192. The number of hydrogen-bond donors (Lipinski definition) is 3. The summed E-state index contributed by atoms with van der Waals surface area (Å²) in [7, 11) is 0. The zero-order chi connectivity index (χ0) is 25.7. The fourth-order valence-corrected chi connectivity index (χ4v) is 4.59. The lowest BCUT2D eigenvalue weighted by Gasteiger charge is -2.09. The van der Waals surface area contributed by atoms with Gasteiger partial charge in [0, 0.05) is 16.6 Å². The van der Waals surface area contributed by atoms with Crippen LogP contribution in [0.3, 0.4) is 0 Å². The molecule has 1 unspecified atom stereocenters. The number of aliphatic hydroxyl groups excluding tert-OH is 1. The number of pyridine rings is 2. The molecule has 0 spiro atoms. The lowest BCUT2D eigenvalue weighted by molar-refractivity contribution is 0.0994. The number of hydrogen-bond acceptors (Lipinski definition) is 7. The SMILES string of the molecule is CCC(O)c1ccc(-c2cc(C(N)=O)c(Nc3cccc(COCc4ncccc4F)n3)s2)c(F)c1. The van der Waals surface area contributed by atoms with Crippen LogP contribution in [0.25, 0.3) is 10.4 Å². The summed E-state index contributed by atoms with van der Waals surface area (Å²) in [4.78, 5) is 21.0. The summed E-state index contributed by atoms with van der Waals surface area (Å²) in [5.74, 6) is -1.19. The van der Waals surface area contributed by atoms with Crippen molar-refractivity contribution in [3.63, 3.8) is 0 Å². The van der Waals surface area contributed by atoms with E-state index in [1.165, 1.54) is 30.5 Å². The van der Waals surface area contributed by atoms with E-state index in [-0.39, 0.29) is 24.5 Å². The highest BCUT2D eigenvalue weighted by Gasteiger charge is 2.18. The number of nitrogens with one attached hydrogen (secondary N) is 1. The Kier molecular flexibility index (Phi) is 7.99. The van der Waals surface area contributed by atoms with Crippen LogP contribution in [0.2, 0.25) is 0 Å². The van der Waals surface area contributed by atoms with Crippen molar-refractivity contribution in [1.29, 1.82) is 0 Å². The third-order valence-electron chi connectivity index (χ3n) is 5.40. The van der Waals surface area contributed by atoms with Crippen LogP contribution in [-0.2, 0) is 18.0 Å². The van der Waals surface area contributed by atoms with Crippen molar-refractivity contribution in [3.05, 3.63) is 94.9 Å². The van der Waals surface area contributed by atoms with Crippen molar-refractivity contribution in [3.8, 4) is 10.4 Å². The van der Waals surface area contributed by atoms with Crippen molar-refractivity contribution < 1.29 is 23.4 Å². The molecule has 0 saturated heterocycles. The van der Waals surface area contributed by atoms with E-state index in [4.69, 9.17) is 10.5 Å². The first-order valence-corrected chi connectivity index (χ1v) is 12.0. The molecule has 1 aromatic carbocycles. The average molecular weight is 511 g/mol. The Morgan fingerprint density at radius 3 is 2.69 bits per heavy atom. The normalized spacial score (nSPS) is 11.9. The average Bonchev–Trinajstić information content (AvgIpc) is 3.28. The lowest BCUT2D eigenvalue weighted by Crippen LogP contribution is -2.11. The van der Waals surface area contributed by atoms with Gasteiger partial charge in [-0.05, 0) is 48.4 Å². The van der Waals surface area contributed by atoms with Gasteiger partial charge in [0.1, 0.15) is 28.1 Å². The molecule has 36 heavy (non-hydrogen) atoms. The number of thiophene rings is 1. The number of benzene rings is 1. The standard InChI is InChI=1S/C26H24F2N4O3S/c1-2-22(33)15-8-9-17(20(28)11-15)23-12-18(25(29)34)26(36-23)32-24-7-3-5-16(31-24)13-35-14-21-19(27)6-4-10-30-21/h3-12,22,33H,2,13-14H2,1H3,(H2,29,34)(H,31,32). The Morgan fingerprint density at radius 2 is 1.97 bits per heavy atom. The summed E-state index contributed by atoms with van der Waals surface area (Å²) in [5, 5.41) is 13.5. The van der Waals surface area contributed by atoms with E-state index in [0.29, 0.717) is 38.9 Å². The molecule has 4 aromatic rings. The summed E-state index contributed by atoms with van der Waals surface area (Å²) >= 11 is 1.16. The molecule has 186 valence electrons. The molecule has 0 aliphatic rings. The summed E-state index contributed by atoms with van der Waals surface area (Å²) in [6.45, 7) is 1.92. The van der Waals surface area contributed by atoms with Gasteiger partial charge in [0.15, 0.2) is 0 Å². The number of ether oxygens (including phenoxy) is 1. The Bertz CT molecular complexity index is 1380. The van der Waals surface area contributed by atoms with Crippen LogP contribution >= 0.6 is 11.3 Å². The fourth-order valence-electron chi connectivity index (χ4n) is 3.50. The molecule has 4 N–H and O–H groups in total. The summed E-state index contributed by atoms with van der Waals surface area (Å²) < 4.78 is 34.1. The quantitative estimate of drug-likeness (QED) is 0.260. The number of anilines is 2. The van der Waals surface area contributed by atoms with Gasteiger partial charge in [0.25, 0.3) is 5.91 Å². The van der Waals surface area contributed by atoms with Crippen LogP contribution < -0.4 is 11.1 Å². The second-order valence-corrected chi connectivity index (χ2v) is 9.00. The number of nitrogens with two attached hydrogens (primary N) is 1. The molecule has 3 aromatic heterocycles. The first kappa shape index (κ1) is 25.4. The topological polar surface area (TPSA) is 110 Å². The predicted molar refractivity (Wildman–Crippen MR) is 134 cm³/mol. The largest absolute Gasteiger partial charge is 0.388 e. The number of nitrogens with zero attached hydrogens (tertiary/aromatic N) is 2. The minimum absolute atomic E-state index is 0.00818. The minimum atomic E-state index is -0.749. The second kappa shape index (κ2) is 11.3. The first-order chi connectivity index (χ1) is 17.4. The maximum absolute atomic E-state index is 14.8. The van der Waals surface area contributed by atoms with E-state index in [0.717, 1.165) is 11.3 Å². The van der Waals surface area contributed by atoms with Crippen LogP contribution in [0.1, 0.15) is 46.8 Å². The molecule has 0 saturated carbocycles. The van der Waals surface area contributed by atoms with Crippen LogP contribution in [-0.4, -0.2) is 21.0 Å². The molecule has 4 rings (SSSR count). The Hall–Kier alpha value is -3.73. The third-order valence-corrected chi connectivity index (χ3v) is 6.48. The maximum Gasteiger partial charge on any atom is 0.251 e. The molecule has 7 nitrogen and oxygen atoms in total. The Morgan fingerprint density at radius 1 is 1.14 bits per heavy atom. The van der Waals surface area contributed by atoms with E-state index in [1.54, 1.807) is 30.3 Å². The van der Waals surface area contributed by atoms with Gasteiger partial charge < -0.3 is 20.9 Å². The van der Waals surface area contributed by atoms with Gasteiger partial charge in [-0.1, -0.05) is 25.1 Å². The summed E-state index contributed by atoms with van der Waals surface area (Å²) in [6.07, 6.45) is 1.21. The molecule has 0 aliphatic carbocycles. The van der Waals surface area contributed by atoms with Gasteiger partial charge in [0.05, 0.1) is 30.6 Å². The predicted octanol–water partition coefficient (Wildman–Crippen LogP) is 5.49. The molecule has 3 heterocycles. The van der Waals surface area contributed by atoms with Gasteiger partial charge in [-0.15, -0.1) is 11.3 Å². The number of carbonyl (C=O) groups excluding carboxylic acids is 1. The number of aromatic nitrogens is 2. The zero-order valence-electron chi connectivity index (χ0n) is 19.4. The highest BCUT2D eigenvalue weighted by molar-refractivity contribution is 7.19. The number of primary amides is 1. The van der Waals surface area contributed by atoms with E-state index in [9.17, 15) is 18.7 Å². The molecule has 1 amide bonds. The van der Waals surface area contributed by atoms with Gasteiger partial charge in [0.2, 0.25) is 0 Å². The van der Waals surface area contributed by atoms with Gasteiger partial charge in [-0.25, -0.2) is 13.8 Å². The van der Waals surface area contributed by atoms with Crippen LogP contribution in [0.5, 0.6) is 0 Å². The molecule has 10 heteroatoms. The van der Waals surface area contributed by atoms with Gasteiger partial charge in [-0.3, -0.25) is 9.78 Å². The van der Waals surface area contributed by atoms with Crippen LogP contribution in [0.15, 0.2) is 60.8 Å².